The van der Waals surface area contributed by atoms with Crippen molar-refractivity contribution >= 4 is 0 Å². The van der Waals surface area contributed by atoms with E-state index < -0.39 is 5.79 Å². The van der Waals surface area contributed by atoms with Gasteiger partial charge in [-0.2, -0.15) is 0 Å². The average Bonchev–Trinajstić information content (AvgIpc) is 2.28. The topological polar surface area (TPSA) is 58.9 Å². The fourth-order valence-electron chi connectivity index (χ4n) is 1.65. The van der Waals surface area contributed by atoms with Crippen molar-refractivity contribution in [1.29, 1.82) is 0 Å². The third-order valence-corrected chi connectivity index (χ3v) is 2.11. The van der Waals surface area contributed by atoms with Crippen LogP contribution in [0, 0.1) is 0 Å². The molecule has 0 spiro atoms. The van der Waals surface area contributed by atoms with Gasteiger partial charge in [0.25, 0.3) is 0 Å². The van der Waals surface area contributed by atoms with Gasteiger partial charge in [0.1, 0.15) is 0 Å². The van der Waals surface area contributed by atoms with Gasteiger partial charge in [0.15, 0.2) is 5.79 Å². The Bertz CT molecular complexity index is 142. The van der Waals surface area contributed by atoms with Crippen LogP contribution in [-0.4, -0.2) is 41.4 Å². The fourth-order valence-corrected chi connectivity index (χ4v) is 1.65. The smallest absolute Gasteiger partial charge is 0.163 e. The van der Waals surface area contributed by atoms with Crippen LogP contribution in [0.25, 0.3) is 0 Å². The predicted molar refractivity (Wildman–Crippen MR) is 47.2 cm³/mol. The van der Waals surface area contributed by atoms with E-state index in [4.69, 9.17) is 19.7 Å². The second kappa shape index (κ2) is 4.37. The summed E-state index contributed by atoms with van der Waals surface area (Å²) in [5.41, 5.74) is 0. The molecule has 4 nitrogen and oxygen atoms in total. The van der Waals surface area contributed by atoms with Gasteiger partial charge in [-0.1, -0.05) is 0 Å². The molecular formula is C9H18O4. The van der Waals surface area contributed by atoms with Crippen LogP contribution in [0.15, 0.2) is 0 Å². The van der Waals surface area contributed by atoms with E-state index in [1.54, 1.807) is 0 Å². The van der Waals surface area contributed by atoms with Gasteiger partial charge in [-0.05, 0) is 26.7 Å². The largest absolute Gasteiger partial charge is 0.396 e. The minimum atomic E-state index is -0.584. The predicted octanol–water partition coefficient (Wildman–Crippen LogP) is 0.271. The van der Waals surface area contributed by atoms with Gasteiger partial charge >= 0.3 is 0 Å². The maximum absolute atomic E-state index is 8.78. The minimum absolute atomic E-state index is 0.0893. The first-order valence-electron chi connectivity index (χ1n) is 4.66. The van der Waals surface area contributed by atoms with Crippen LogP contribution >= 0.6 is 0 Å². The Labute approximate surface area is 78.5 Å². The lowest BCUT2D eigenvalue weighted by molar-refractivity contribution is -0.148. The Morgan fingerprint density at radius 2 is 1.38 bits per heavy atom. The summed E-state index contributed by atoms with van der Waals surface area (Å²) >= 11 is 0. The molecule has 0 unspecified atom stereocenters. The summed E-state index contributed by atoms with van der Waals surface area (Å²) in [6.07, 6.45) is 0.946. The maximum atomic E-state index is 8.78. The van der Waals surface area contributed by atoms with Crippen LogP contribution in [0.3, 0.4) is 0 Å². The summed E-state index contributed by atoms with van der Waals surface area (Å²) in [6, 6.07) is 0. The van der Waals surface area contributed by atoms with Crippen LogP contribution in [-0.2, 0) is 9.47 Å². The molecule has 0 bridgehead atoms. The second-order valence-corrected chi connectivity index (χ2v) is 3.74. The fraction of sp³-hybridized carbons (Fsp3) is 1.00. The standard InChI is InChI=1S/C9H18O4/c1-9(2)12-7(3-5-10)8(13-9)4-6-11/h7-8,10-11H,3-6H2,1-2H3/t7-,8+. The van der Waals surface area contributed by atoms with Gasteiger partial charge in [-0.3, -0.25) is 0 Å². The van der Waals surface area contributed by atoms with E-state index >= 15 is 0 Å². The maximum Gasteiger partial charge on any atom is 0.163 e. The van der Waals surface area contributed by atoms with Crippen LogP contribution in [0.1, 0.15) is 26.7 Å². The molecule has 0 aromatic heterocycles. The van der Waals surface area contributed by atoms with Crippen LogP contribution in [0.5, 0.6) is 0 Å². The number of aliphatic hydroxyl groups is 2. The third kappa shape index (κ3) is 2.91. The molecule has 4 heteroatoms. The van der Waals surface area contributed by atoms with E-state index in [9.17, 15) is 0 Å². The Morgan fingerprint density at radius 1 is 1.00 bits per heavy atom. The number of hydrogen-bond acceptors (Lipinski definition) is 4. The molecule has 1 heterocycles. The Balaban J connectivity index is 2.49. The van der Waals surface area contributed by atoms with E-state index in [-0.39, 0.29) is 25.4 Å². The average molecular weight is 190 g/mol. The molecule has 2 atom stereocenters. The highest BCUT2D eigenvalue weighted by molar-refractivity contribution is 4.80. The highest BCUT2D eigenvalue weighted by Crippen LogP contribution is 2.31. The zero-order chi connectivity index (χ0) is 9.90. The molecule has 0 aliphatic carbocycles. The summed E-state index contributed by atoms with van der Waals surface area (Å²) in [6.45, 7) is 3.86. The van der Waals surface area contributed by atoms with Gasteiger partial charge in [0.05, 0.1) is 12.2 Å². The van der Waals surface area contributed by atoms with Gasteiger partial charge in [0.2, 0.25) is 0 Å². The van der Waals surface area contributed by atoms with Gasteiger partial charge < -0.3 is 19.7 Å². The molecule has 1 rings (SSSR count). The first kappa shape index (κ1) is 10.9. The second-order valence-electron chi connectivity index (χ2n) is 3.74. The van der Waals surface area contributed by atoms with Crippen molar-refractivity contribution in [1.82, 2.24) is 0 Å². The number of ether oxygens (including phenoxy) is 2. The van der Waals surface area contributed by atoms with Crippen molar-refractivity contribution in [2.24, 2.45) is 0 Å². The zero-order valence-electron chi connectivity index (χ0n) is 8.19. The lowest BCUT2D eigenvalue weighted by Gasteiger charge is -2.16. The molecule has 0 aromatic carbocycles. The Hall–Kier alpha value is -0.160. The summed E-state index contributed by atoms with van der Waals surface area (Å²) < 4.78 is 11.1. The third-order valence-electron chi connectivity index (χ3n) is 2.11. The van der Waals surface area contributed by atoms with E-state index in [2.05, 4.69) is 0 Å². The van der Waals surface area contributed by atoms with Crippen molar-refractivity contribution in [2.75, 3.05) is 13.2 Å². The monoisotopic (exact) mass is 190 g/mol. The van der Waals surface area contributed by atoms with E-state index in [1.807, 2.05) is 13.8 Å². The van der Waals surface area contributed by atoms with Gasteiger partial charge in [0, 0.05) is 13.2 Å². The molecule has 1 saturated heterocycles. The van der Waals surface area contributed by atoms with E-state index in [0.29, 0.717) is 12.8 Å². The van der Waals surface area contributed by atoms with Crippen molar-refractivity contribution in [3.05, 3.63) is 0 Å². The zero-order valence-corrected chi connectivity index (χ0v) is 8.19. The lowest BCUT2D eigenvalue weighted by atomic mass is 10.1. The number of aliphatic hydroxyl groups excluding tert-OH is 2. The first-order valence-corrected chi connectivity index (χ1v) is 4.66. The van der Waals surface area contributed by atoms with Crippen molar-refractivity contribution in [3.8, 4) is 0 Å². The molecule has 0 amide bonds. The summed E-state index contributed by atoms with van der Waals surface area (Å²) in [5, 5.41) is 17.6. The SMILES string of the molecule is CC1(C)O[C@@H](CCO)[C@@H](CCO)O1. The van der Waals surface area contributed by atoms with Crippen LogP contribution in [0.2, 0.25) is 0 Å². The van der Waals surface area contributed by atoms with Gasteiger partial charge in [-0.25, -0.2) is 0 Å². The van der Waals surface area contributed by atoms with E-state index in [0.717, 1.165) is 0 Å². The van der Waals surface area contributed by atoms with Crippen LogP contribution < -0.4 is 0 Å². The molecule has 1 fully saturated rings. The van der Waals surface area contributed by atoms with Crippen molar-refractivity contribution < 1.29 is 19.7 Å². The molecule has 2 N–H and O–H groups in total. The quantitative estimate of drug-likeness (QED) is 0.668. The summed E-state index contributed by atoms with van der Waals surface area (Å²) in [4.78, 5) is 0. The number of hydrogen-bond donors (Lipinski definition) is 2. The van der Waals surface area contributed by atoms with Crippen molar-refractivity contribution in [2.45, 2.75) is 44.7 Å². The Morgan fingerprint density at radius 3 is 1.69 bits per heavy atom. The molecule has 0 radical (unpaired) electrons. The van der Waals surface area contributed by atoms with Crippen LogP contribution in [0.4, 0.5) is 0 Å². The molecule has 13 heavy (non-hydrogen) atoms. The highest BCUT2D eigenvalue weighted by atomic mass is 16.7. The molecule has 1 aliphatic rings. The van der Waals surface area contributed by atoms with Gasteiger partial charge in [-0.15, -0.1) is 0 Å². The first-order chi connectivity index (χ1) is 6.09. The number of rotatable bonds is 4. The van der Waals surface area contributed by atoms with Crippen molar-refractivity contribution in [3.63, 3.8) is 0 Å². The summed E-state index contributed by atoms with van der Waals surface area (Å²) in [7, 11) is 0. The summed E-state index contributed by atoms with van der Waals surface area (Å²) in [5.74, 6) is -0.584. The highest BCUT2D eigenvalue weighted by Gasteiger charge is 2.40. The Kier molecular flexibility index (Phi) is 3.67. The molecular weight excluding hydrogens is 172 g/mol. The minimum Gasteiger partial charge on any atom is -0.396 e. The lowest BCUT2D eigenvalue weighted by Crippen LogP contribution is -2.24. The molecule has 1 aliphatic heterocycles. The van der Waals surface area contributed by atoms with E-state index in [1.165, 1.54) is 0 Å². The molecule has 78 valence electrons. The normalized spacial score (nSPS) is 32.3. The molecule has 0 aromatic rings. The molecule has 0 saturated carbocycles.